The standard InChI is InChI=1S/C33H44F3N7O4/c1-32(2,21-43(3)4)20-38-28(44)26-15-12-24-18-27(26)46-17-9-7-5-6-8-16-45-25-13-10-23(11-14-25)19-37-29-40-30(39-24)42-31(41-29)47-22-33(34,35)36/h10-15,18H,5-9,16-17,19-22H2,1-4H3,(H,38,44)(H2,37,39,40,41,42). The highest BCUT2D eigenvalue weighted by Gasteiger charge is 2.29. The van der Waals surface area contributed by atoms with E-state index in [9.17, 15) is 18.0 Å². The zero-order chi connectivity index (χ0) is 33.9. The lowest BCUT2D eigenvalue weighted by Gasteiger charge is -2.28. The summed E-state index contributed by atoms with van der Waals surface area (Å²) >= 11 is 0. The van der Waals surface area contributed by atoms with Crippen molar-refractivity contribution >= 4 is 23.5 Å². The van der Waals surface area contributed by atoms with Crippen LogP contribution in [0.4, 0.5) is 30.8 Å². The first kappa shape index (κ1) is 35.5. The lowest BCUT2D eigenvalue weighted by Crippen LogP contribution is -2.40. The third-order valence-corrected chi connectivity index (χ3v) is 7.12. The number of hydrogen-bond donors (Lipinski definition) is 3. The van der Waals surface area contributed by atoms with Crippen LogP contribution in [0.5, 0.6) is 17.5 Å². The summed E-state index contributed by atoms with van der Waals surface area (Å²) in [6.07, 6.45) is 0.133. The van der Waals surface area contributed by atoms with Gasteiger partial charge in [-0.05, 0) is 62.2 Å². The summed E-state index contributed by atoms with van der Waals surface area (Å²) in [5.74, 6) is 0.787. The maximum atomic E-state index is 13.3. The van der Waals surface area contributed by atoms with Crippen molar-refractivity contribution in [3.63, 3.8) is 0 Å². The van der Waals surface area contributed by atoms with Gasteiger partial charge in [0.1, 0.15) is 11.5 Å². The molecule has 0 fully saturated rings. The monoisotopic (exact) mass is 659 g/mol. The predicted molar refractivity (Wildman–Crippen MR) is 174 cm³/mol. The largest absolute Gasteiger partial charge is 0.494 e. The zero-order valence-corrected chi connectivity index (χ0v) is 27.4. The van der Waals surface area contributed by atoms with Crippen molar-refractivity contribution in [2.75, 3.05) is 57.6 Å². The molecule has 0 unspecified atom stereocenters. The SMILES string of the molecule is CN(C)CC(C)(C)CNC(=O)c1ccc2cc1OCCCCCCCOc1ccc(cc1)CNc1nc(nc(OCC(F)(F)F)n1)N2. The van der Waals surface area contributed by atoms with E-state index in [1.807, 2.05) is 38.4 Å². The van der Waals surface area contributed by atoms with Gasteiger partial charge in [0.25, 0.3) is 5.91 Å². The number of fused-ring (bicyclic) bond motifs is 11. The van der Waals surface area contributed by atoms with E-state index >= 15 is 0 Å². The highest BCUT2D eigenvalue weighted by atomic mass is 19.4. The van der Waals surface area contributed by atoms with Crippen molar-refractivity contribution in [2.45, 2.75) is 58.7 Å². The Hall–Kier alpha value is -4.33. The van der Waals surface area contributed by atoms with E-state index < -0.39 is 18.8 Å². The molecular formula is C33H44F3N7O4. The van der Waals surface area contributed by atoms with E-state index in [1.165, 1.54) is 0 Å². The maximum absolute atomic E-state index is 13.3. The van der Waals surface area contributed by atoms with Crippen LogP contribution in [-0.2, 0) is 6.54 Å². The van der Waals surface area contributed by atoms with Gasteiger partial charge in [0, 0.05) is 31.4 Å². The Bertz CT molecular complexity index is 1450. The summed E-state index contributed by atoms with van der Waals surface area (Å²) in [6, 6.07) is 11.9. The second kappa shape index (κ2) is 16.5. The van der Waals surface area contributed by atoms with Gasteiger partial charge in [0.15, 0.2) is 6.61 Å². The molecule has 3 aromatic rings. The number of aromatic nitrogens is 3. The molecule has 3 N–H and O–H groups in total. The summed E-state index contributed by atoms with van der Waals surface area (Å²) in [5, 5.41) is 9.05. The quantitative estimate of drug-likeness (QED) is 0.270. The Morgan fingerprint density at radius 3 is 2.32 bits per heavy atom. The number of alkyl halides is 3. The van der Waals surface area contributed by atoms with Gasteiger partial charge in [-0.1, -0.05) is 45.2 Å². The van der Waals surface area contributed by atoms with Crippen LogP contribution in [-0.4, -0.2) is 78.9 Å². The lowest BCUT2D eigenvalue weighted by atomic mass is 9.93. The molecule has 0 spiro atoms. The Labute approximate surface area is 273 Å². The van der Waals surface area contributed by atoms with Crippen LogP contribution >= 0.6 is 0 Å². The number of nitrogens with zero attached hydrogens (tertiary/aromatic N) is 4. The van der Waals surface area contributed by atoms with Crippen molar-refractivity contribution in [3.8, 4) is 17.5 Å². The second-order valence-corrected chi connectivity index (χ2v) is 12.6. The molecule has 47 heavy (non-hydrogen) atoms. The Kier molecular flexibility index (Phi) is 12.5. The zero-order valence-electron chi connectivity index (χ0n) is 27.4. The number of anilines is 3. The lowest BCUT2D eigenvalue weighted by molar-refractivity contribution is -0.154. The van der Waals surface area contributed by atoms with Gasteiger partial charge in [-0.2, -0.15) is 28.1 Å². The number of nitrogens with one attached hydrogen (secondary N) is 3. The van der Waals surface area contributed by atoms with Crippen molar-refractivity contribution in [1.82, 2.24) is 25.2 Å². The summed E-state index contributed by atoms with van der Waals surface area (Å²) in [6.45, 7) is 5.12. The van der Waals surface area contributed by atoms with Gasteiger partial charge in [-0.3, -0.25) is 4.79 Å². The fourth-order valence-electron chi connectivity index (χ4n) is 5.06. The molecule has 3 heterocycles. The minimum Gasteiger partial charge on any atom is -0.494 e. The number of ether oxygens (including phenoxy) is 3. The topological polar surface area (TPSA) is 123 Å². The van der Waals surface area contributed by atoms with Crippen molar-refractivity contribution in [1.29, 1.82) is 0 Å². The number of rotatable bonds is 7. The Morgan fingerprint density at radius 1 is 0.936 bits per heavy atom. The van der Waals surface area contributed by atoms with Crippen LogP contribution in [0, 0.1) is 5.41 Å². The highest BCUT2D eigenvalue weighted by molar-refractivity contribution is 5.97. The number of carbonyl (C=O) groups is 1. The van der Waals surface area contributed by atoms with Gasteiger partial charge in [-0.15, -0.1) is 0 Å². The molecule has 0 atom stereocenters. The summed E-state index contributed by atoms with van der Waals surface area (Å²) in [7, 11) is 3.97. The third kappa shape index (κ3) is 12.4. The molecule has 0 aliphatic carbocycles. The van der Waals surface area contributed by atoms with E-state index in [1.54, 1.807) is 18.2 Å². The highest BCUT2D eigenvalue weighted by Crippen LogP contribution is 2.27. The van der Waals surface area contributed by atoms with Crippen LogP contribution in [0.15, 0.2) is 42.5 Å². The molecule has 256 valence electrons. The van der Waals surface area contributed by atoms with E-state index in [0.29, 0.717) is 36.8 Å². The van der Waals surface area contributed by atoms with Crippen molar-refractivity contribution in [2.24, 2.45) is 5.41 Å². The van der Waals surface area contributed by atoms with E-state index in [2.05, 4.69) is 49.6 Å². The fourth-order valence-corrected chi connectivity index (χ4v) is 5.06. The average molecular weight is 660 g/mol. The van der Waals surface area contributed by atoms with Crippen LogP contribution in [0.25, 0.3) is 0 Å². The molecule has 6 bridgehead atoms. The molecule has 5 rings (SSSR count). The summed E-state index contributed by atoms with van der Waals surface area (Å²) in [4.78, 5) is 27.8. The van der Waals surface area contributed by atoms with Gasteiger partial charge in [0.2, 0.25) is 11.9 Å². The predicted octanol–water partition coefficient (Wildman–Crippen LogP) is 6.21. The molecular weight excluding hydrogens is 615 g/mol. The maximum Gasteiger partial charge on any atom is 0.422 e. The molecule has 11 nitrogen and oxygen atoms in total. The first-order valence-corrected chi connectivity index (χ1v) is 15.7. The minimum absolute atomic E-state index is 0.00922. The van der Waals surface area contributed by atoms with Gasteiger partial charge in [-0.25, -0.2) is 0 Å². The molecule has 2 aromatic carbocycles. The molecule has 2 aliphatic rings. The molecule has 2 aliphatic heterocycles. The van der Waals surface area contributed by atoms with Gasteiger partial charge in [0.05, 0.1) is 18.8 Å². The average Bonchev–Trinajstić information content (AvgIpc) is 3.00. The number of amides is 1. The fraction of sp³-hybridized carbons (Fsp3) is 0.515. The molecule has 1 aromatic heterocycles. The minimum atomic E-state index is -4.58. The van der Waals surface area contributed by atoms with Gasteiger partial charge < -0.3 is 35.1 Å². The molecule has 0 radical (unpaired) electrons. The molecule has 0 saturated carbocycles. The van der Waals surface area contributed by atoms with Gasteiger partial charge >= 0.3 is 12.2 Å². The number of halogens is 3. The van der Waals surface area contributed by atoms with E-state index in [4.69, 9.17) is 14.2 Å². The first-order valence-electron chi connectivity index (χ1n) is 15.7. The number of benzene rings is 2. The molecule has 14 heteroatoms. The third-order valence-electron chi connectivity index (χ3n) is 7.12. The van der Waals surface area contributed by atoms with Crippen molar-refractivity contribution < 1.29 is 32.2 Å². The summed E-state index contributed by atoms with van der Waals surface area (Å²) in [5.41, 5.74) is 1.54. The van der Waals surface area contributed by atoms with Crippen LogP contribution in [0.3, 0.4) is 0 Å². The normalized spacial score (nSPS) is 14.8. The summed E-state index contributed by atoms with van der Waals surface area (Å²) < 4.78 is 55.7. The van der Waals surface area contributed by atoms with E-state index in [0.717, 1.165) is 50.0 Å². The molecule has 1 amide bonds. The van der Waals surface area contributed by atoms with Crippen molar-refractivity contribution in [3.05, 3.63) is 53.6 Å². The molecule has 0 saturated heterocycles. The number of hydrogen-bond acceptors (Lipinski definition) is 10. The first-order chi connectivity index (χ1) is 22.3. The van der Waals surface area contributed by atoms with Crippen LogP contribution < -0.4 is 30.2 Å². The number of carbonyl (C=O) groups excluding carboxylic acids is 1. The van der Waals surface area contributed by atoms with E-state index in [-0.39, 0.29) is 29.8 Å². The Balaban J connectivity index is 1.60. The smallest absolute Gasteiger partial charge is 0.422 e. The van der Waals surface area contributed by atoms with Crippen LogP contribution in [0.1, 0.15) is 61.9 Å². The van der Waals surface area contributed by atoms with Crippen LogP contribution in [0.2, 0.25) is 0 Å². The second-order valence-electron chi connectivity index (χ2n) is 12.6. The Morgan fingerprint density at radius 2 is 1.62 bits per heavy atom.